The summed E-state index contributed by atoms with van der Waals surface area (Å²) in [7, 11) is 1.58. The number of ether oxygens (including phenoxy) is 1. The van der Waals surface area contributed by atoms with E-state index in [4.69, 9.17) is 4.74 Å². The van der Waals surface area contributed by atoms with Crippen LogP contribution in [0.3, 0.4) is 0 Å². The van der Waals surface area contributed by atoms with E-state index < -0.39 is 35.5 Å². The van der Waals surface area contributed by atoms with Gasteiger partial charge in [0, 0.05) is 12.6 Å². The van der Waals surface area contributed by atoms with E-state index in [0.717, 1.165) is 28.3 Å². The van der Waals surface area contributed by atoms with Crippen molar-refractivity contribution in [1.82, 2.24) is 5.01 Å². The summed E-state index contributed by atoms with van der Waals surface area (Å²) >= 11 is 0. The fraction of sp³-hybridized carbons (Fsp3) is 0.263. The number of carbonyl (C=O) groups is 2. The van der Waals surface area contributed by atoms with Crippen molar-refractivity contribution >= 4 is 17.5 Å². The molecule has 0 unspecified atom stereocenters. The normalized spacial score (nSPS) is 20.8. The lowest BCUT2D eigenvalue weighted by atomic mass is 10.1. The third-order valence-electron chi connectivity index (χ3n) is 4.81. The second kappa shape index (κ2) is 6.99. The van der Waals surface area contributed by atoms with E-state index in [1.54, 1.807) is 7.11 Å². The van der Waals surface area contributed by atoms with Gasteiger partial charge in [-0.2, -0.15) is 5.11 Å². The van der Waals surface area contributed by atoms with Crippen LogP contribution in [-0.4, -0.2) is 42.6 Å². The molecule has 0 bridgehead atoms. The molecule has 2 heterocycles. The third-order valence-corrected chi connectivity index (χ3v) is 4.81. The fourth-order valence-electron chi connectivity index (χ4n) is 3.32. The van der Waals surface area contributed by atoms with Gasteiger partial charge in [0.05, 0.1) is 12.8 Å². The Bertz CT molecular complexity index is 964. The van der Waals surface area contributed by atoms with Gasteiger partial charge in [-0.1, -0.05) is 17.4 Å². The summed E-state index contributed by atoms with van der Waals surface area (Å²) in [5.74, 6) is -2.60. The molecule has 2 aromatic carbocycles. The lowest BCUT2D eigenvalue weighted by Gasteiger charge is -2.20. The first-order valence-corrected chi connectivity index (χ1v) is 8.63. The summed E-state index contributed by atoms with van der Waals surface area (Å²) < 4.78 is 31.8. The summed E-state index contributed by atoms with van der Waals surface area (Å²) in [5, 5.41) is 9.35. The standard InChI is InChI=1S/C19H16F2N4O3/c1-28-13-5-2-11(3-6-13)8-9-24-17-16(22-23-24)18(26)25(19(17)27)12-4-7-14(20)15(21)10-12/h2-7,10,16-17H,8-9H2,1H3/t16-,17-/m1/s1. The van der Waals surface area contributed by atoms with E-state index in [0.29, 0.717) is 13.0 Å². The molecule has 2 aromatic rings. The zero-order chi connectivity index (χ0) is 19.8. The number of halogens is 2. The van der Waals surface area contributed by atoms with Crippen molar-refractivity contribution in [1.29, 1.82) is 0 Å². The maximum absolute atomic E-state index is 13.5. The number of fused-ring (bicyclic) bond motifs is 1. The van der Waals surface area contributed by atoms with Crippen LogP contribution in [0.1, 0.15) is 5.56 Å². The van der Waals surface area contributed by atoms with E-state index >= 15 is 0 Å². The highest BCUT2D eigenvalue weighted by Crippen LogP contribution is 2.32. The maximum atomic E-state index is 13.5. The molecule has 2 aliphatic heterocycles. The number of hydrogen-bond acceptors (Lipinski definition) is 6. The first kappa shape index (κ1) is 18.0. The number of rotatable bonds is 5. The molecule has 0 saturated carbocycles. The molecular formula is C19H16F2N4O3. The predicted octanol–water partition coefficient (Wildman–Crippen LogP) is 2.51. The lowest BCUT2D eigenvalue weighted by Crippen LogP contribution is -2.40. The van der Waals surface area contributed by atoms with Gasteiger partial charge in [-0.25, -0.2) is 13.7 Å². The molecule has 4 rings (SSSR count). The van der Waals surface area contributed by atoms with Crippen LogP contribution in [0.4, 0.5) is 14.5 Å². The molecule has 0 N–H and O–H groups in total. The second-order valence-corrected chi connectivity index (χ2v) is 6.47. The van der Waals surface area contributed by atoms with Crippen molar-refractivity contribution in [3.8, 4) is 5.75 Å². The minimum atomic E-state index is -1.13. The molecule has 0 radical (unpaired) electrons. The van der Waals surface area contributed by atoms with Crippen LogP contribution in [0.2, 0.25) is 0 Å². The van der Waals surface area contributed by atoms with Gasteiger partial charge in [0.25, 0.3) is 11.8 Å². The van der Waals surface area contributed by atoms with Crippen molar-refractivity contribution in [3.63, 3.8) is 0 Å². The Balaban J connectivity index is 1.50. The zero-order valence-corrected chi connectivity index (χ0v) is 14.9. The molecule has 0 spiro atoms. The number of imide groups is 1. The molecule has 2 amide bonds. The van der Waals surface area contributed by atoms with Crippen LogP contribution in [0.15, 0.2) is 52.8 Å². The van der Waals surface area contributed by atoms with E-state index in [-0.39, 0.29) is 5.69 Å². The van der Waals surface area contributed by atoms with E-state index in [9.17, 15) is 18.4 Å². The Morgan fingerprint density at radius 3 is 2.46 bits per heavy atom. The van der Waals surface area contributed by atoms with Crippen molar-refractivity contribution < 1.29 is 23.1 Å². The van der Waals surface area contributed by atoms with Gasteiger partial charge < -0.3 is 4.74 Å². The number of nitrogens with zero attached hydrogens (tertiary/aromatic N) is 4. The topological polar surface area (TPSA) is 74.6 Å². The number of benzene rings is 2. The smallest absolute Gasteiger partial charge is 0.263 e. The van der Waals surface area contributed by atoms with Gasteiger partial charge in [0.15, 0.2) is 23.7 Å². The van der Waals surface area contributed by atoms with Crippen molar-refractivity contribution in [3.05, 3.63) is 59.7 Å². The Labute approximate surface area is 159 Å². The van der Waals surface area contributed by atoms with Crippen molar-refractivity contribution in [2.24, 2.45) is 10.3 Å². The van der Waals surface area contributed by atoms with Gasteiger partial charge in [-0.15, -0.1) is 0 Å². The molecule has 0 aromatic heterocycles. The molecule has 2 aliphatic rings. The minimum Gasteiger partial charge on any atom is -0.497 e. The molecule has 1 fully saturated rings. The van der Waals surface area contributed by atoms with Crippen LogP contribution in [0.5, 0.6) is 5.75 Å². The highest BCUT2D eigenvalue weighted by atomic mass is 19.2. The monoisotopic (exact) mass is 386 g/mol. The quantitative estimate of drug-likeness (QED) is 0.740. The zero-order valence-electron chi connectivity index (χ0n) is 14.9. The molecule has 2 atom stereocenters. The third kappa shape index (κ3) is 2.98. The number of anilines is 1. The molecule has 9 heteroatoms. The highest BCUT2D eigenvalue weighted by molar-refractivity contribution is 6.25. The molecule has 28 heavy (non-hydrogen) atoms. The molecule has 0 aliphatic carbocycles. The van der Waals surface area contributed by atoms with Crippen LogP contribution in [0, 0.1) is 11.6 Å². The van der Waals surface area contributed by atoms with E-state index in [1.165, 1.54) is 11.1 Å². The second-order valence-electron chi connectivity index (χ2n) is 6.47. The van der Waals surface area contributed by atoms with Crippen LogP contribution < -0.4 is 9.64 Å². The maximum Gasteiger partial charge on any atom is 0.263 e. The molecule has 7 nitrogen and oxygen atoms in total. The Kier molecular flexibility index (Phi) is 4.50. The number of amides is 2. The number of hydrogen-bond donors (Lipinski definition) is 0. The van der Waals surface area contributed by atoms with Gasteiger partial charge in [0.2, 0.25) is 0 Å². The molecular weight excluding hydrogens is 370 g/mol. The Morgan fingerprint density at radius 1 is 1.04 bits per heavy atom. The molecule has 1 saturated heterocycles. The fourth-order valence-corrected chi connectivity index (χ4v) is 3.32. The van der Waals surface area contributed by atoms with Crippen molar-refractivity contribution in [2.75, 3.05) is 18.6 Å². The number of carbonyl (C=O) groups excluding carboxylic acids is 2. The first-order valence-electron chi connectivity index (χ1n) is 8.63. The minimum absolute atomic E-state index is 0.0198. The predicted molar refractivity (Wildman–Crippen MR) is 94.7 cm³/mol. The summed E-state index contributed by atoms with van der Waals surface area (Å²) in [6.45, 7) is 0.377. The van der Waals surface area contributed by atoms with E-state index in [1.807, 2.05) is 24.3 Å². The van der Waals surface area contributed by atoms with Crippen molar-refractivity contribution in [2.45, 2.75) is 18.5 Å². The van der Waals surface area contributed by atoms with E-state index in [2.05, 4.69) is 10.3 Å². The Hall–Kier alpha value is -3.36. The Morgan fingerprint density at radius 2 is 1.79 bits per heavy atom. The van der Waals surface area contributed by atoms with Crippen LogP contribution in [-0.2, 0) is 16.0 Å². The van der Waals surface area contributed by atoms with Gasteiger partial charge in [-0.05, 0) is 36.2 Å². The number of methoxy groups -OCH3 is 1. The SMILES string of the molecule is COc1ccc(CCN2N=N[C@H]3C(=O)N(c4ccc(F)c(F)c4)C(=O)[C@@H]32)cc1. The summed E-state index contributed by atoms with van der Waals surface area (Å²) in [4.78, 5) is 26.2. The van der Waals surface area contributed by atoms with Gasteiger partial charge in [-0.3, -0.25) is 14.6 Å². The average molecular weight is 386 g/mol. The average Bonchev–Trinajstić information content (AvgIpc) is 3.23. The summed E-state index contributed by atoms with van der Waals surface area (Å²) in [6.07, 6.45) is 0.582. The summed E-state index contributed by atoms with van der Waals surface area (Å²) in [5.41, 5.74) is 0.988. The molecule has 144 valence electrons. The van der Waals surface area contributed by atoms with Crippen LogP contribution in [0.25, 0.3) is 0 Å². The lowest BCUT2D eigenvalue weighted by molar-refractivity contribution is -0.123. The summed E-state index contributed by atoms with van der Waals surface area (Å²) in [6, 6.07) is 8.51. The largest absolute Gasteiger partial charge is 0.497 e. The first-order chi connectivity index (χ1) is 13.5. The van der Waals surface area contributed by atoms with Gasteiger partial charge in [0.1, 0.15) is 5.75 Å². The van der Waals surface area contributed by atoms with Crippen LogP contribution >= 0.6 is 0 Å². The highest BCUT2D eigenvalue weighted by Gasteiger charge is 2.54. The van der Waals surface area contributed by atoms with Gasteiger partial charge >= 0.3 is 0 Å².